The van der Waals surface area contributed by atoms with Crippen molar-refractivity contribution < 1.29 is 9.18 Å². The van der Waals surface area contributed by atoms with E-state index in [-0.39, 0.29) is 17.2 Å². The van der Waals surface area contributed by atoms with Gasteiger partial charge in [-0.3, -0.25) is 4.79 Å². The van der Waals surface area contributed by atoms with Crippen molar-refractivity contribution in [2.45, 2.75) is 6.92 Å². The van der Waals surface area contributed by atoms with Gasteiger partial charge in [-0.05, 0) is 30.7 Å². The third-order valence-corrected chi connectivity index (χ3v) is 2.63. The Balaban J connectivity index is 2.43. The molecule has 0 atom stereocenters. The molecule has 5 nitrogen and oxygen atoms in total. The van der Waals surface area contributed by atoms with E-state index in [0.717, 1.165) is 5.56 Å². The topological polar surface area (TPSA) is 94.0 Å². The van der Waals surface area contributed by atoms with Gasteiger partial charge in [0, 0.05) is 5.69 Å². The Hall–Kier alpha value is -2.63. The van der Waals surface area contributed by atoms with Crippen LogP contribution in [0.5, 0.6) is 0 Å². The second kappa shape index (κ2) is 4.93. The van der Waals surface area contributed by atoms with Gasteiger partial charge in [-0.15, -0.1) is 0 Å². The van der Waals surface area contributed by atoms with Crippen LogP contribution in [0.4, 0.5) is 21.6 Å². The number of hydrogen-bond donors (Lipinski definition) is 3. The van der Waals surface area contributed by atoms with Gasteiger partial charge in [0.05, 0.1) is 17.4 Å². The number of benzene rings is 1. The van der Waals surface area contributed by atoms with Crippen LogP contribution in [0.1, 0.15) is 15.9 Å². The lowest BCUT2D eigenvalue weighted by atomic mass is 10.1. The highest BCUT2D eigenvalue weighted by atomic mass is 19.1. The molecule has 19 heavy (non-hydrogen) atoms. The van der Waals surface area contributed by atoms with Crippen molar-refractivity contribution in [3.63, 3.8) is 0 Å². The van der Waals surface area contributed by atoms with E-state index in [1.165, 1.54) is 24.4 Å². The Kier molecular flexibility index (Phi) is 3.33. The van der Waals surface area contributed by atoms with Gasteiger partial charge in [-0.2, -0.15) is 0 Å². The van der Waals surface area contributed by atoms with Crippen molar-refractivity contribution in [1.82, 2.24) is 4.98 Å². The molecule has 0 saturated heterocycles. The zero-order valence-corrected chi connectivity index (χ0v) is 10.3. The lowest BCUT2D eigenvalue weighted by molar-refractivity contribution is 0.100. The van der Waals surface area contributed by atoms with Gasteiger partial charge in [0.2, 0.25) is 0 Å². The highest BCUT2D eigenvalue weighted by molar-refractivity contribution is 5.99. The highest BCUT2D eigenvalue weighted by Gasteiger charge is 2.11. The van der Waals surface area contributed by atoms with Crippen molar-refractivity contribution in [2.75, 3.05) is 11.1 Å². The van der Waals surface area contributed by atoms with Crippen LogP contribution < -0.4 is 16.8 Å². The number of aryl methyl sites for hydroxylation is 1. The van der Waals surface area contributed by atoms with Crippen LogP contribution in [0, 0.1) is 12.7 Å². The molecule has 0 aliphatic carbocycles. The van der Waals surface area contributed by atoms with Crippen LogP contribution in [0.15, 0.2) is 30.5 Å². The highest BCUT2D eigenvalue weighted by Crippen LogP contribution is 2.23. The SMILES string of the molecule is Cc1ccc(F)cc1Nc1ncc(N)cc1C(N)=O. The number of nitrogens with two attached hydrogens (primary N) is 2. The molecule has 2 rings (SSSR count). The van der Waals surface area contributed by atoms with Crippen LogP contribution in [0.3, 0.4) is 0 Å². The summed E-state index contributed by atoms with van der Waals surface area (Å²) in [6.45, 7) is 1.81. The van der Waals surface area contributed by atoms with Gasteiger partial charge in [-0.25, -0.2) is 9.37 Å². The fraction of sp³-hybridized carbons (Fsp3) is 0.0769. The summed E-state index contributed by atoms with van der Waals surface area (Å²) >= 11 is 0. The first-order chi connectivity index (χ1) is 8.97. The lowest BCUT2D eigenvalue weighted by Gasteiger charge is -2.11. The minimum absolute atomic E-state index is 0.156. The number of nitrogen functional groups attached to an aromatic ring is 1. The first kappa shape index (κ1) is 12.8. The number of nitrogens with one attached hydrogen (secondary N) is 1. The number of pyridine rings is 1. The van der Waals surface area contributed by atoms with Crippen molar-refractivity contribution >= 4 is 23.1 Å². The van der Waals surface area contributed by atoms with Crippen LogP contribution in [-0.2, 0) is 0 Å². The predicted octanol–water partition coefficient (Wildman–Crippen LogP) is 1.95. The standard InChI is InChI=1S/C13H13FN4O/c1-7-2-3-8(14)4-11(7)18-13-10(12(16)19)5-9(15)6-17-13/h2-6H,15H2,1H3,(H2,16,19)(H,17,18). The molecule has 1 aromatic carbocycles. The number of primary amides is 1. The fourth-order valence-electron chi connectivity index (χ4n) is 1.62. The van der Waals surface area contributed by atoms with Gasteiger partial charge in [0.1, 0.15) is 11.6 Å². The summed E-state index contributed by atoms with van der Waals surface area (Å²) in [7, 11) is 0. The number of rotatable bonds is 3. The van der Waals surface area contributed by atoms with Crippen LogP contribution in [-0.4, -0.2) is 10.9 Å². The summed E-state index contributed by atoms with van der Waals surface area (Å²) in [5, 5.41) is 2.88. The third kappa shape index (κ3) is 2.79. The summed E-state index contributed by atoms with van der Waals surface area (Å²) in [5.41, 5.74) is 12.6. The molecule has 0 unspecified atom stereocenters. The Bertz CT molecular complexity index is 643. The van der Waals surface area contributed by atoms with Crippen molar-refractivity contribution in [1.29, 1.82) is 0 Å². The monoisotopic (exact) mass is 260 g/mol. The molecule has 0 spiro atoms. The van der Waals surface area contributed by atoms with Gasteiger partial charge in [0.15, 0.2) is 0 Å². The average molecular weight is 260 g/mol. The van der Waals surface area contributed by atoms with Gasteiger partial charge < -0.3 is 16.8 Å². The number of amides is 1. The molecule has 98 valence electrons. The van der Waals surface area contributed by atoms with E-state index < -0.39 is 5.91 Å². The average Bonchev–Trinajstić information content (AvgIpc) is 2.35. The number of carbonyl (C=O) groups excluding carboxylic acids is 1. The second-order valence-corrected chi connectivity index (χ2v) is 4.11. The largest absolute Gasteiger partial charge is 0.397 e. The maximum atomic E-state index is 13.2. The summed E-state index contributed by atoms with van der Waals surface area (Å²) < 4.78 is 13.2. The first-order valence-corrected chi connectivity index (χ1v) is 5.56. The Labute approximate surface area is 109 Å². The predicted molar refractivity (Wildman–Crippen MR) is 71.6 cm³/mol. The van der Waals surface area contributed by atoms with E-state index in [2.05, 4.69) is 10.3 Å². The third-order valence-electron chi connectivity index (χ3n) is 2.63. The fourth-order valence-corrected chi connectivity index (χ4v) is 1.62. The maximum Gasteiger partial charge on any atom is 0.252 e. The second-order valence-electron chi connectivity index (χ2n) is 4.11. The molecule has 0 bridgehead atoms. The number of carbonyl (C=O) groups is 1. The summed E-state index contributed by atoms with van der Waals surface area (Å²) in [4.78, 5) is 15.3. The molecule has 5 N–H and O–H groups in total. The maximum absolute atomic E-state index is 13.2. The number of halogens is 1. The number of nitrogens with zero attached hydrogens (tertiary/aromatic N) is 1. The van der Waals surface area contributed by atoms with Crippen LogP contribution >= 0.6 is 0 Å². The number of anilines is 3. The molecule has 0 saturated carbocycles. The van der Waals surface area contributed by atoms with Crippen molar-refractivity contribution in [3.05, 3.63) is 47.4 Å². The van der Waals surface area contributed by atoms with Crippen LogP contribution in [0.25, 0.3) is 0 Å². The minimum Gasteiger partial charge on any atom is -0.397 e. The van der Waals surface area contributed by atoms with Gasteiger partial charge in [0.25, 0.3) is 5.91 Å². The van der Waals surface area contributed by atoms with E-state index in [1.807, 2.05) is 6.92 Å². The molecular weight excluding hydrogens is 247 g/mol. The van der Waals surface area contributed by atoms with Crippen LogP contribution in [0.2, 0.25) is 0 Å². The normalized spacial score (nSPS) is 10.2. The molecule has 1 amide bonds. The molecule has 6 heteroatoms. The smallest absolute Gasteiger partial charge is 0.252 e. The summed E-state index contributed by atoms with van der Waals surface area (Å²) in [6.07, 6.45) is 1.39. The molecule has 1 aromatic heterocycles. The number of hydrogen-bond acceptors (Lipinski definition) is 4. The van der Waals surface area contributed by atoms with E-state index >= 15 is 0 Å². The molecule has 2 aromatic rings. The summed E-state index contributed by atoms with van der Waals surface area (Å²) in [6, 6.07) is 5.72. The zero-order chi connectivity index (χ0) is 14.0. The van der Waals surface area contributed by atoms with E-state index in [9.17, 15) is 9.18 Å². The first-order valence-electron chi connectivity index (χ1n) is 5.56. The quantitative estimate of drug-likeness (QED) is 0.786. The lowest BCUT2D eigenvalue weighted by Crippen LogP contribution is -2.15. The minimum atomic E-state index is -0.656. The molecule has 0 aliphatic heterocycles. The molecule has 0 radical (unpaired) electrons. The summed E-state index contributed by atoms with van der Waals surface area (Å²) in [5.74, 6) is -0.795. The molecule has 0 fully saturated rings. The van der Waals surface area contributed by atoms with Crippen molar-refractivity contribution in [3.8, 4) is 0 Å². The van der Waals surface area contributed by atoms with E-state index in [1.54, 1.807) is 6.07 Å². The van der Waals surface area contributed by atoms with Gasteiger partial charge >= 0.3 is 0 Å². The number of aromatic nitrogens is 1. The Morgan fingerprint density at radius 1 is 1.37 bits per heavy atom. The van der Waals surface area contributed by atoms with E-state index in [0.29, 0.717) is 11.4 Å². The Morgan fingerprint density at radius 2 is 2.11 bits per heavy atom. The molecular formula is C13H13FN4O. The molecule has 1 heterocycles. The molecule has 0 aliphatic rings. The van der Waals surface area contributed by atoms with Gasteiger partial charge in [-0.1, -0.05) is 6.07 Å². The zero-order valence-electron chi connectivity index (χ0n) is 10.3. The Morgan fingerprint density at radius 3 is 2.79 bits per heavy atom. The van der Waals surface area contributed by atoms with Crippen molar-refractivity contribution in [2.24, 2.45) is 5.73 Å². The van der Waals surface area contributed by atoms with E-state index in [4.69, 9.17) is 11.5 Å².